The van der Waals surface area contributed by atoms with E-state index >= 15 is 0 Å². The van der Waals surface area contributed by atoms with Crippen LogP contribution in [0.4, 0.5) is 0 Å². The van der Waals surface area contributed by atoms with Crippen LogP contribution in [0.25, 0.3) is 5.69 Å². The molecule has 130 valence electrons. The summed E-state index contributed by atoms with van der Waals surface area (Å²) in [5.41, 5.74) is 2.65. The van der Waals surface area contributed by atoms with Crippen LogP contribution in [0.15, 0.2) is 35.7 Å². The Balaban J connectivity index is 1.69. The van der Waals surface area contributed by atoms with Crippen molar-refractivity contribution in [3.63, 3.8) is 0 Å². The third-order valence-corrected chi connectivity index (χ3v) is 5.56. The molecule has 1 aromatic heterocycles. The van der Waals surface area contributed by atoms with Crippen LogP contribution in [0.3, 0.4) is 0 Å². The maximum Gasteiger partial charge on any atom is 0.231 e. The first-order valence-corrected chi connectivity index (χ1v) is 9.37. The molecule has 1 N–H and O–H groups in total. The lowest BCUT2D eigenvalue weighted by Crippen LogP contribution is -2.47. The molecule has 1 aliphatic carbocycles. The lowest BCUT2D eigenvalue weighted by atomic mass is 9.98. The second kappa shape index (κ2) is 6.93. The number of benzene rings is 1. The van der Waals surface area contributed by atoms with Gasteiger partial charge < -0.3 is 5.32 Å². The van der Waals surface area contributed by atoms with E-state index in [1.165, 1.54) is 17.3 Å². The van der Waals surface area contributed by atoms with E-state index < -0.39 is 5.54 Å². The first-order valence-electron chi connectivity index (χ1n) is 8.39. The Labute approximate surface area is 152 Å². The van der Waals surface area contributed by atoms with Crippen molar-refractivity contribution in [1.82, 2.24) is 14.9 Å². The molecule has 5 nitrogen and oxygen atoms in total. The van der Waals surface area contributed by atoms with Crippen LogP contribution < -0.4 is 5.32 Å². The summed E-state index contributed by atoms with van der Waals surface area (Å²) in [5, 5.41) is 13.0. The number of nitrogens with one attached hydrogen (secondary N) is 1. The third-order valence-electron chi connectivity index (χ3n) is 4.59. The van der Waals surface area contributed by atoms with E-state index in [0.717, 1.165) is 29.2 Å². The van der Waals surface area contributed by atoms with Crippen molar-refractivity contribution in [3.05, 3.63) is 41.7 Å². The normalized spacial score (nSPS) is 16.1. The molecule has 1 saturated carbocycles. The van der Waals surface area contributed by atoms with E-state index in [2.05, 4.69) is 48.4 Å². The van der Waals surface area contributed by atoms with Gasteiger partial charge in [0.1, 0.15) is 5.54 Å². The molecule has 1 amide bonds. The van der Waals surface area contributed by atoms with Crippen molar-refractivity contribution >= 4 is 17.7 Å². The number of amides is 1. The highest BCUT2D eigenvalue weighted by molar-refractivity contribution is 7.99. The van der Waals surface area contributed by atoms with Gasteiger partial charge in [0.25, 0.3) is 0 Å². The van der Waals surface area contributed by atoms with E-state index in [-0.39, 0.29) is 17.6 Å². The summed E-state index contributed by atoms with van der Waals surface area (Å²) in [6.45, 7) is 5.93. The number of aryl methyl sites for hydroxylation is 2. The van der Waals surface area contributed by atoms with E-state index in [1.807, 2.05) is 17.7 Å². The number of thioether (sulfide) groups is 1. The van der Waals surface area contributed by atoms with Crippen molar-refractivity contribution in [2.45, 2.75) is 44.3 Å². The van der Waals surface area contributed by atoms with Gasteiger partial charge in [-0.3, -0.25) is 9.36 Å². The smallest absolute Gasteiger partial charge is 0.231 e. The minimum Gasteiger partial charge on any atom is -0.337 e. The van der Waals surface area contributed by atoms with E-state index in [4.69, 9.17) is 0 Å². The van der Waals surface area contributed by atoms with E-state index in [9.17, 15) is 10.1 Å². The van der Waals surface area contributed by atoms with Crippen LogP contribution in [0.5, 0.6) is 0 Å². The lowest BCUT2D eigenvalue weighted by molar-refractivity contribution is -0.119. The highest BCUT2D eigenvalue weighted by Crippen LogP contribution is 2.39. The van der Waals surface area contributed by atoms with Gasteiger partial charge in [0.2, 0.25) is 5.91 Å². The molecule has 0 saturated heterocycles. The van der Waals surface area contributed by atoms with Gasteiger partial charge in [-0.2, -0.15) is 5.26 Å². The fourth-order valence-corrected chi connectivity index (χ4v) is 3.66. The van der Waals surface area contributed by atoms with Crippen LogP contribution >= 0.6 is 11.8 Å². The number of carbonyl (C=O) groups excluding carboxylic acids is 1. The summed E-state index contributed by atoms with van der Waals surface area (Å²) in [6.07, 6.45) is 5.67. The summed E-state index contributed by atoms with van der Waals surface area (Å²) in [5.74, 6) is 0.395. The standard InChI is InChI=1S/C19H22N4OS/c1-13-4-5-14(2)16(10-13)23-9-8-21-18(23)25-11-17(24)22-19(3,12-20)15-6-7-15/h4-5,8-10,15H,6-7,11H2,1-3H3,(H,22,24). The van der Waals surface area contributed by atoms with Crippen molar-refractivity contribution in [3.8, 4) is 11.8 Å². The maximum absolute atomic E-state index is 12.3. The van der Waals surface area contributed by atoms with Gasteiger partial charge in [0.05, 0.1) is 17.5 Å². The van der Waals surface area contributed by atoms with Crippen molar-refractivity contribution < 1.29 is 4.79 Å². The summed E-state index contributed by atoms with van der Waals surface area (Å²) in [4.78, 5) is 16.7. The number of imidazole rings is 1. The van der Waals surface area contributed by atoms with Gasteiger partial charge in [0.15, 0.2) is 5.16 Å². The summed E-state index contributed by atoms with van der Waals surface area (Å²) < 4.78 is 2.00. The molecule has 1 atom stereocenters. The molecule has 0 bridgehead atoms. The number of nitrogens with zero attached hydrogens (tertiary/aromatic N) is 3. The lowest BCUT2D eigenvalue weighted by Gasteiger charge is -2.22. The monoisotopic (exact) mass is 354 g/mol. The van der Waals surface area contributed by atoms with Crippen LogP contribution in [-0.2, 0) is 4.79 Å². The number of rotatable bonds is 6. The molecule has 1 fully saturated rings. The van der Waals surface area contributed by atoms with E-state index in [0.29, 0.717) is 0 Å². The van der Waals surface area contributed by atoms with Crippen LogP contribution in [0.1, 0.15) is 30.9 Å². The molecule has 0 radical (unpaired) electrons. The zero-order valence-electron chi connectivity index (χ0n) is 14.7. The second-order valence-corrected chi connectivity index (χ2v) is 7.74. The minimum atomic E-state index is -0.750. The predicted octanol–water partition coefficient (Wildman–Crippen LogP) is 3.39. The van der Waals surface area contributed by atoms with Crippen molar-refractivity contribution in [1.29, 1.82) is 5.26 Å². The SMILES string of the molecule is Cc1ccc(C)c(-n2ccnc2SCC(=O)NC(C)(C#N)C2CC2)c1. The molecule has 1 aromatic carbocycles. The number of hydrogen-bond acceptors (Lipinski definition) is 4. The molecule has 3 rings (SSSR count). The van der Waals surface area contributed by atoms with E-state index in [1.54, 1.807) is 6.20 Å². The molecule has 0 aliphatic heterocycles. The van der Waals surface area contributed by atoms with Crippen LogP contribution in [0.2, 0.25) is 0 Å². The quantitative estimate of drug-likeness (QED) is 0.807. The number of nitriles is 1. The summed E-state index contributed by atoms with van der Waals surface area (Å²) >= 11 is 1.38. The highest BCUT2D eigenvalue weighted by atomic mass is 32.2. The molecule has 0 spiro atoms. The average molecular weight is 354 g/mol. The predicted molar refractivity (Wildman–Crippen MR) is 98.6 cm³/mol. The third kappa shape index (κ3) is 3.88. The number of aromatic nitrogens is 2. The van der Waals surface area contributed by atoms with Crippen LogP contribution in [-0.4, -0.2) is 26.8 Å². The molecule has 1 aliphatic rings. The van der Waals surface area contributed by atoms with Gasteiger partial charge in [-0.25, -0.2) is 4.98 Å². The Bertz CT molecular complexity index is 834. The maximum atomic E-state index is 12.3. The fourth-order valence-electron chi connectivity index (χ4n) is 2.90. The van der Waals surface area contributed by atoms with Gasteiger partial charge in [-0.15, -0.1) is 0 Å². The average Bonchev–Trinajstić information content (AvgIpc) is 3.35. The van der Waals surface area contributed by atoms with Gasteiger partial charge >= 0.3 is 0 Å². The first kappa shape index (κ1) is 17.6. The Hall–Kier alpha value is -2.26. The Morgan fingerprint density at radius 2 is 2.24 bits per heavy atom. The van der Waals surface area contributed by atoms with Gasteiger partial charge in [-0.1, -0.05) is 23.9 Å². The molecule has 1 heterocycles. The molecule has 25 heavy (non-hydrogen) atoms. The highest BCUT2D eigenvalue weighted by Gasteiger charge is 2.42. The Morgan fingerprint density at radius 1 is 1.48 bits per heavy atom. The first-order chi connectivity index (χ1) is 11.9. The van der Waals surface area contributed by atoms with Gasteiger partial charge in [-0.05, 0) is 56.7 Å². The van der Waals surface area contributed by atoms with Crippen molar-refractivity contribution in [2.75, 3.05) is 5.75 Å². The molecule has 6 heteroatoms. The minimum absolute atomic E-state index is 0.128. The van der Waals surface area contributed by atoms with Gasteiger partial charge in [0, 0.05) is 12.4 Å². The molecule has 2 aromatic rings. The second-order valence-electron chi connectivity index (χ2n) is 6.80. The summed E-state index contributed by atoms with van der Waals surface area (Å²) in [6, 6.07) is 8.53. The van der Waals surface area contributed by atoms with Crippen LogP contribution in [0, 0.1) is 31.1 Å². The fraction of sp³-hybridized carbons (Fsp3) is 0.421. The zero-order chi connectivity index (χ0) is 18.0. The number of carbonyl (C=O) groups is 1. The Morgan fingerprint density at radius 3 is 2.92 bits per heavy atom. The van der Waals surface area contributed by atoms with Crippen molar-refractivity contribution in [2.24, 2.45) is 5.92 Å². The number of hydrogen-bond donors (Lipinski definition) is 1. The zero-order valence-corrected chi connectivity index (χ0v) is 15.6. The summed E-state index contributed by atoms with van der Waals surface area (Å²) in [7, 11) is 0. The molecular formula is C19H22N4OS. The molecular weight excluding hydrogens is 332 g/mol. The topological polar surface area (TPSA) is 70.7 Å². The molecule has 1 unspecified atom stereocenters. The Kier molecular flexibility index (Phi) is 4.87. The largest absolute Gasteiger partial charge is 0.337 e.